The van der Waals surface area contributed by atoms with Crippen LogP contribution in [-0.4, -0.2) is 40.1 Å². The number of rotatable bonds is 3. The molecule has 0 spiro atoms. The number of hydrogen-bond acceptors (Lipinski definition) is 5. The first kappa shape index (κ1) is 13.4. The number of esters is 1. The van der Waals surface area contributed by atoms with Crippen LogP contribution in [0, 0.1) is 0 Å². The average Bonchev–Trinajstić information content (AvgIpc) is 2.62. The van der Waals surface area contributed by atoms with E-state index in [9.17, 15) is 18.0 Å². The molecule has 0 bridgehead atoms. The van der Waals surface area contributed by atoms with Gasteiger partial charge in [0.1, 0.15) is 6.33 Å². The van der Waals surface area contributed by atoms with Gasteiger partial charge in [0.05, 0.1) is 7.11 Å². The van der Waals surface area contributed by atoms with Crippen molar-refractivity contribution in [1.82, 2.24) is 14.8 Å². The van der Waals surface area contributed by atoms with Crippen molar-refractivity contribution in [3.05, 3.63) is 12.2 Å². The zero-order chi connectivity index (χ0) is 13.2. The molecule has 2 unspecified atom stereocenters. The normalized spacial score (nSPS) is 15.4. The zero-order valence-corrected chi connectivity index (χ0v) is 9.10. The molecule has 6 nitrogen and oxygen atoms in total. The van der Waals surface area contributed by atoms with Gasteiger partial charge in [-0.2, -0.15) is 13.2 Å². The fourth-order valence-electron chi connectivity index (χ4n) is 1.28. The van der Waals surface area contributed by atoms with E-state index in [1.165, 1.54) is 6.92 Å². The van der Waals surface area contributed by atoms with E-state index in [0.717, 1.165) is 13.4 Å². The van der Waals surface area contributed by atoms with Gasteiger partial charge in [-0.3, -0.25) is 0 Å². The van der Waals surface area contributed by atoms with Crippen molar-refractivity contribution in [1.29, 1.82) is 0 Å². The molecular weight excluding hydrogens is 241 g/mol. The summed E-state index contributed by atoms with van der Waals surface area (Å²) in [5, 5.41) is 3.40. The molecule has 2 atom stereocenters. The highest BCUT2D eigenvalue weighted by molar-refractivity contribution is 5.84. The summed E-state index contributed by atoms with van der Waals surface area (Å²) in [7, 11) is 1.08. The summed E-state index contributed by atoms with van der Waals surface area (Å²) in [6.07, 6.45) is -3.77. The molecule has 0 amide bonds. The van der Waals surface area contributed by atoms with Gasteiger partial charge < -0.3 is 10.5 Å². The molecule has 0 radical (unpaired) electrons. The molecule has 0 fully saturated rings. The van der Waals surface area contributed by atoms with Gasteiger partial charge in [-0.1, -0.05) is 0 Å². The van der Waals surface area contributed by atoms with Crippen molar-refractivity contribution in [3.8, 4) is 0 Å². The van der Waals surface area contributed by atoms with Crippen molar-refractivity contribution in [2.75, 3.05) is 7.11 Å². The average molecular weight is 252 g/mol. The van der Waals surface area contributed by atoms with Crippen LogP contribution in [0.2, 0.25) is 0 Å². The summed E-state index contributed by atoms with van der Waals surface area (Å²) in [5.74, 6) is -1.35. The monoisotopic (exact) mass is 252 g/mol. The van der Waals surface area contributed by atoms with E-state index in [1.54, 1.807) is 0 Å². The number of ether oxygens (including phenoxy) is 1. The Bertz CT molecular complexity index is 402. The molecule has 0 aliphatic heterocycles. The topological polar surface area (TPSA) is 83.0 Å². The highest BCUT2D eigenvalue weighted by Gasteiger charge is 2.44. The summed E-state index contributed by atoms with van der Waals surface area (Å²) in [4.78, 5) is 14.4. The maximum Gasteiger partial charge on any atom is 0.412 e. The smallest absolute Gasteiger partial charge is 0.412 e. The largest absolute Gasteiger partial charge is 0.463 e. The number of hydrogen-bond donors (Lipinski definition) is 1. The minimum absolute atomic E-state index is 0.442. The van der Waals surface area contributed by atoms with Gasteiger partial charge in [-0.05, 0) is 6.92 Å². The van der Waals surface area contributed by atoms with Crippen LogP contribution < -0.4 is 5.73 Å². The van der Waals surface area contributed by atoms with E-state index < -0.39 is 30.1 Å². The molecule has 9 heteroatoms. The first-order valence-corrected chi connectivity index (χ1v) is 4.59. The van der Waals surface area contributed by atoms with E-state index in [1.807, 2.05) is 0 Å². The van der Waals surface area contributed by atoms with Gasteiger partial charge in [0, 0.05) is 6.04 Å². The summed E-state index contributed by atoms with van der Waals surface area (Å²) in [5.41, 5.74) is 5.25. The number of carbonyl (C=O) groups excluding carboxylic acids is 1. The highest BCUT2D eigenvalue weighted by Crippen LogP contribution is 2.31. The molecule has 96 valence electrons. The number of nitrogens with zero attached hydrogens (tertiary/aromatic N) is 3. The third kappa shape index (κ3) is 2.93. The lowest BCUT2D eigenvalue weighted by atomic mass is 10.1. The van der Waals surface area contributed by atoms with Crippen LogP contribution in [-0.2, 0) is 4.74 Å². The molecule has 1 aromatic rings. The van der Waals surface area contributed by atoms with E-state index in [-0.39, 0.29) is 0 Å². The molecule has 0 saturated heterocycles. The Hall–Kier alpha value is -1.64. The highest BCUT2D eigenvalue weighted by atomic mass is 19.4. The van der Waals surface area contributed by atoms with Crippen LogP contribution >= 0.6 is 0 Å². The molecule has 1 rings (SSSR count). The van der Waals surface area contributed by atoms with Crippen LogP contribution in [0.3, 0.4) is 0 Å². The van der Waals surface area contributed by atoms with E-state index in [2.05, 4.69) is 14.8 Å². The van der Waals surface area contributed by atoms with Crippen molar-refractivity contribution >= 4 is 5.97 Å². The molecule has 1 heterocycles. The standard InChI is InChI=1S/C8H11F3N4O2/c1-4(12)5(8(9,10)11)15-3-13-6(14-15)7(16)17-2/h3-5H,12H2,1-2H3. The summed E-state index contributed by atoms with van der Waals surface area (Å²) in [6.45, 7) is 1.19. The number of nitrogens with two attached hydrogens (primary N) is 1. The first-order valence-electron chi connectivity index (χ1n) is 4.59. The first-order chi connectivity index (χ1) is 7.77. The summed E-state index contributed by atoms with van der Waals surface area (Å²) < 4.78 is 42.8. The minimum Gasteiger partial charge on any atom is -0.463 e. The maximum absolute atomic E-state index is 12.7. The molecular formula is C8H11F3N4O2. The predicted molar refractivity (Wildman–Crippen MR) is 50.1 cm³/mol. The predicted octanol–water partition coefficient (Wildman–Crippen LogP) is 0.515. The second-order valence-corrected chi connectivity index (χ2v) is 3.39. The van der Waals surface area contributed by atoms with E-state index in [4.69, 9.17) is 5.73 Å². The van der Waals surface area contributed by atoms with Gasteiger partial charge >= 0.3 is 12.1 Å². The maximum atomic E-state index is 12.7. The van der Waals surface area contributed by atoms with Crippen molar-refractivity contribution in [3.63, 3.8) is 0 Å². The molecule has 1 aromatic heterocycles. The Labute approximate surface area is 94.6 Å². The van der Waals surface area contributed by atoms with Crippen LogP contribution in [0.4, 0.5) is 13.2 Å². The quantitative estimate of drug-likeness (QED) is 0.793. The lowest BCUT2D eigenvalue weighted by Crippen LogP contribution is -2.40. The summed E-state index contributed by atoms with van der Waals surface area (Å²) >= 11 is 0. The Morgan fingerprint density at radius 3 is 2.59 bits per heavy atom. The summed E-state index contributed by atoms with van der Waals surface area (Å²) in [6, 6.07) is -3.25. The number of methoxy groups -OCH3 is 1. The fraction of sp³-hybridized carbons (Fsp3) is 0.625. The minimum atomic E-state index is -4.57. The fourth-order valence-corrected chi connectivity index (χ4v) is 1.28. The van der Waals surface area contributed by atoms with E-state index >= 15 is 0 Å². The van der Waals surface area contributed by atoms with E-state index in [0.29, 0.717) is 4.68 Å². The number of alkyl halides is 3. The molecule has 2 N–H and O–H groups in total. The molecule has 17 heavy (non-hydrogen) atoms. The molecule has 0 aliphatic rings. The molecule has 0 aliphatic carbocycles. The SMILES string of the molecule is COC(=O)c1ncn(C(C(C)N)C(F)(F)F)n1. The van der Waals surface area contributed by atoms with Crippen LogP contribution in [0.15, 0.2) is 6.33 Å². The Morgan fingerprint density at radius 2 is 2.18 bits per heavy atom. The number of aromatic nitrogens is 3. The van der Waals surface area contributed by atoms with Crippen LogP contribution in [0.5, 0.6) is 0 Å². The molecule has 0 saturated carbocycles. The number of carbonyl (C=O) groups is 1. The van der Waals surface area contributed by atoms with Crippen molar-refractivity contribution in [2.45, 2.75) is 25.2 Å². The Kier molecular flexibility index (Phi) is 3.71. The third-order valence-corrected chi connectivity index (χ3v) is 1.99. The van der Waals surface area contributed by atoms with Crippen molar-refractivity contribution in [2.24, 2.45) is 5.73 Å². The Morgan fingerprint density at radius 1 is 1.59 bits per heavy atom. The number of halogens is 3. The second kappa shape index (κ2) is 4.70. The lowest BCUT2D eigenvalue weighted by molar-refractivity contribution is -0.174. The van der Waals surface area contributed by atoms with Crippen LogP contribution in [0.25, 0.3) is 0 Å². The zero-order valence-electron chi connectivity index (χ0n) is 9.10. The second-order valence-electron chi connectivity index (χ2n) is 3.39. The van der Waals surface area contributed by atoms with Gasteiger partial charge in [0.15, 0.2) is 6.04 Å². The van der Waals surface area contributed by atoms with Crippen molar-refractivity contribution < 1.29 is 22.7 Å². The Balaban J connectivity index is 3.05. The van der Waals surface area contributed by atoms with Gasteiger partial charge in [0.25, 0.3) is 5.82 Å². The van der Waals surface area contributed by atoms with Gasteiger partial charge in [0.2, 0.25) is 0 Å². The molecule has 0 aromatic carbocycles. The van der Waals surface area contributed by atoms with Gasteiger partial charge in [-0.25, -0.2) is 14.5 Å². The van der Waals surface area contributed by atoms with Gasteiger partial charge in [-0.15, -0.1) is 5.10 Å². The van der Waals surface area contributed by atoms with Crippen LogP contribution in [0.1, 0.15) is 23.6 Å². The third-order valence-electron chi connectivity index (χ3n) is 1.99. The lowest BCUT2D eigenvalue weighted by Gasteiger charge is -2.23.